The Morgan fingerprint density at radius 2 is 1.60 bits per heavy atom. The summed E-state index contributed by atoms with van der Waals surface area (Å²) in [5.74, 6) is -2.11. The maximum atomic E-state index is 13.7. The van der Waals surface area contributed by atoms with Gasteiger partial charge in [-0.15, -0.1) is 10.2 Å². The molecule has 2 aliphatic heterocycles. The van der Waals surface area contributed by atoms with Gasteiger partial charge in [-0.05, 0) is 67.6 Å². The van der Waals surface area contributed by atoms with Gasteiger partial charge in [0.15, 0.2) is 0 Å². The molecule has 16 heteroatoms. The van der Waals surface area contributed by atoms with Gasteiger partial charge in [0.25, 0.3) is 5.91 Å². The van der Waals surface area contributed by atoms with E-state index in [1.165, 1.54) is 25.1 Å². The smallest absolute Gasteiger partial charge is 0.404 e. The predicted molar refractivity (Wildman–Crippen MR) is 188 cm³/mol. The van der Waals surface area contributed by atoms with Crippen LogP contribution >= 0.6 is 0 Å². The van der Waals surface area contributed by atoms with Crippen molar-refractivity contribution in [2.75, 3.05) is 6.44 Å². The molecule has 0 spiro atoms. The standard InChI is InChI=1S/C37H46BF3N6O6/c1-20(2)29(45-31(49)23-13-10-14-24(16-23)36(46-47-36)37(39,40)41)33(51)44-26(15-22-11-8-7-9-12-22)32(50)43-21(3)30(48)42-19-38-52-28-18-25-17-27(34(25,4)5)35(28,6)53-38/h7-14,16,20-21,25-29H,15,17-19H2,1-6H3,(H,42,48)(H,43,50)(H,44,51)(H,45,49)/t21-,25?,26-,27?,28+,29-,35-/m0/s1. The molecule has 7 atom stereocenters. The van der Waals surface area contributed by atoms with Crippen molar-refractivity contribution in [3.63, 3.8) is 0 Å². The molecular weight excluding hydrogens is 692 g/mol. The Bertz CT molecular complexity index is 1770. The lowest BCUT2D eigenvalue weighted by atomic mass is 9.43. The highest BCUT2D eigenvalue weighted by molar-refractivity contribution is 6.46. The Hall–Kier alpha value is -4.31. The van der Waals surface area contributed by atoms with Crippen molar-refractivity contribution in [3.05, 3.63) is 71.3 Å². The third-order valence-electron chi connectivity index (χ3n) is 11.6. The van der Waals surface area contributed by atoms with E-state index < -0.39 is 72.2 Å². The number of hydrogen-bond donors (Lipinski definition) is 4. The highest BCUT2D eigenvalue weighted by Gasteiger charge is 2.68. The second-order valence-corrected chi connectivity index (χ2v) is 15.8. The van der Waals surface area contributed by atoms with Crippen LogP contribution in [0.3, 0.4) is 0 Å². The van der Waals surface area contributed by atoms with Gasteiger partial charge >= 0.3 is 19.0 Å². The van der Waals surface area contributed by atoms with Crippen LogP contribution in [0.4, 0.5) is 13.2 Å². The minimum atomic E-state index is -4.78. The lowest BCUT2D eigenvalue weighted by Gasteiger charge is -2.64. The summed E-state index contributed by atoms with van der Waals surface area (Å²) in [7, 11) is -0.618. The van der Waals surface area contributed by atoms with Gasteiger partial charge < -0.3 is 30.6 Å². The van der Waals surface area contributed by atoms with E-state index in [1.807, 2.05) is 6.07 Å². The molecule has 12 nitrogen and oxygen atoms in total. The van der Waals surface area contributed by atoms with Gasteiger partial charge in [0.2, 0.25) is 17.7 Å². The number of hydrogen-bond acceptors (Lipinski definition) is 8. The SMILES string of the molecule is CC(C)[C@H](NC(=O)c1cccc(C2(C(F)(F)F)N=N2)c1)C(=O)N[C@@H](Cc1ccccc1)C(=O)N[C@@H](C)C(=O)NCB1O[C@@H]2CC3CC(C3(C)C)[C@]2(C)O1. The second-order valence-electron chi connectivity index (χ2n) is 15.8. The molecule has 2 unspecified atom stereocenters. The van der Waals surface area contributed by atoms with Crippen LogP contribution < -0.4 is 21.3 Å². The largest absolute Gasteiger partial charge is 0.478 e. The van der Waals surface area contributed by atoms with Crippen LogP contribution in [-0.2, 0) is 35.8 Å². The molecule has 0 radical (unpaired) electrons. The lowest BCUT2D eigenvalue weighted by molar-refractivity contribution is -0.199. The Labute approximate surface area is 306 Å². The van der Waals surface area contributed by atoms with E-state index in [2.05, 4.69) is 52.3 Å². The fourth-order valence-corrected chi connectivity index (χ4v) is 8.15. The van der Waals surface area contributed by atoms with Gasteiger partial charge in [0.05, 0.1) is 18.1 Å². The molecule has 4 fully saturated rings. The van der Waals surface area contributed by atoms with Crippen molar-refractivity contribution in [3.8, 4) is 0 Å². The number of benzene rings is 2. The Morgan fingerprint density at radius 1 is 0.906 bits per heavy atom. The molecule has 0 aromatic heterocycles. The van der Waals surface area contributed by atoms with E-state index in [0.717, 1.165) is 24.5 Å². The average molecular weight is 739 g/mol. The summed E-state index contributed by atoms with van der Waals surface area (Å²) >= 11 is 0. The Kier molecular flexibility index (Phi) is 10.3. The molecule has 4 amide bonds. The molecule has 2 aromatic rings. The van der Waals surface area contributed by atoms with Crippen LogP contribution in [0.5, 0.6) is 0 Å². The third-order valence-corrected chi connectivity index (χ3v) is 11.6. The molecule has 1 saturated heterocycles. The van der Waals surface area contributed by atoms with Crippen molar-refractivity contribution in [2.24, 2.45) is 33.4 Å². The minimum absolute atomic E-state index is 0.0404. The summed E-state index contributed by atoms with van der Waals surface area (Å²) in [4.78, 5) is 53.8. The van der Waals surface area contributed by atoms with Crippen LogP contribution in [0, 0.1) is 23.2 Å². The molecule has 2 bridgehead atoms. The maximum absolute atomic E-state index is 13.7. The number of halogens is 3. The van der Waals surface area contributed by atoms with Crippen LogP contribution in [-0.4, -0.2) is 73.2 Å². The molecule has 3 aliphatic carbocycles. The summed E-state index contributed by atoms with van der Waals surface area (Å²) in [6.45, 7) is 11.5. The van der Waals surface area contributed by atoms with Crippen molar-refractivity contribution < 1.29 is 41.7 Å². The number of carbonyl (C=O) groups is 4. The molecule has 2 aromatic carbocycles. The minimum Gasteiger partial charge on any atom is -0.404 e. The first kappa shape index (κ1) is 38.4. The predicted octanol–water partition coefficient (Wildman–Crippen LogP) is 4.24. The zero-order valence-electron chi connectivity index (χ0n) is 30.6. The van der Waals surface area contributed by atoms with Crippen molar-refractivity contribution in [1.82, 2.24) is 21.3 Å². The number of nitrogens with zero attached hydrogens (tertiary/aromatic N) is 2. The second kappa shape index (κ2) is 14.2. The molecule has 3 saturated carbocycles. The zero-order chi connectivity index (χ0) is 38.5. The van der Waals surface area contributed by atoms with Gasteiger partial charge in [-0.2, -0.15) is 13.2 Å². The number of amides is 4. The first-order valence-corrected chi connectivity index (χ1v) is 18.0. The maximum Gasteiger partial charge on any atom is 0.478 e. The van der Waals surface area contributed by atoms with E-state index in [0.29, 0.717) is 11.8 Å². The number of nitrogens with one attached hydrogen (secondary N) is 4. The van der Waals surface area contributed by atoms with E-state index in [1.54, 1.807) is 38.1 Å². The quantitative estimate of drug-likeness (QED) is 0.225. The van der Waals surface area contributed by atoms with Crippen LogP contribution in [0.15, 0.2) is 64.8 Å². The van der Waals surface area contributed by atoms with Crippen LogP contribution in [0.1, 0.15) is 75.9 Å². The fraction of sp³-hybridized carbons (Fsp3) is 0.568. The molecule has 53 heavy (non-hydrogen) atoms. The molecule has 4 N–H and O–H groups in total. The molecule has 5 aliphatic rings. The van der Waals surface area contributed by atoms with Gasteiger partial charge in [0, 0.05) is 17.5 Å². The van der Waals surface area contributed by atoms with Gasteiger partial charge in [0.1, 0.15) is 18.1 Å². The van der Waals surface area contributed by atoms with E-state index in [4.69, 9.17) is 9.31 Å². The van der Waals surface area contributed by atoms with Crippen molar-refractivity contribution in [1.29, 1.82) is 0 Å². The molecule has 7 rings (SSSR count). The number of rotatable bonds is 13. The van der Waals surface area contributed by atoms with Gasteiger partial charge in [-0.25, -0.2) is 0 Å². The van der Waals surface area contributed by atoms with Gasteiger partial charge in [-0.1, -0.05) is 70.2 Å². The van der Waals surface area contributed by atoms with Crippen LogP contribution in [0.25, 0.3) is 0 Å². The van der Waals surface area contributed by atoms with Crippen molar-refractivity contribution in [2.45, 2.75) is 102 Å². The molecule has 284 valence electrons. The molecule has 2 heterocycles. The summed E-state index contributed by atoms with van der Waals surface area (Å²) in [5, 5.41) is 17.2. The average Bonchev–Trinajstić information content (AvgIpc) is 3.86. The fourth-order valence-electron chi connectivity index (χ4n) is 8.15. The number of carbonyl (C=O) groups excluding carboxylic acids is 4. The third kappa shape index (κ3) is 7.44. The van der Waals surface area contributed by atoms with Gasteiger partial charge in [-0.3, -0.25) is 19.2 Å². The van der Waals surface area contributed by atoms with E-state index in [-0.39, 0.29) is 35.5 Å². The molecular formula is C37H46BF3N6O6. The topological polar surface area (TPSA) is 160 Å². The summed E-state index contributed by atoms with van der Waals surface area (Å²) in [6, 6.07) is 10.5. The van der Waals surface area contributed by atoms with E-state index >= 15 is 0 Å². The van der Waals surface area contributed by atoms with Crippen molar-refractivity contribution >= 4 is 30.7 Å². The summed E-state index contributed by atoms with van der Waals surface area (Å²) < 4.78 is 53.4. The highest BCUT2D eigenvalue weighted by atomic mass is 19.4. The highest BCUT2D eigenvalue weighted by Crippen LogP contribution is 2.65. The Balaban J connectivity index is 1.08. The zero-order valence-corrected chi connectivity index (χ0v) is 30.6. The number of alkyl halides is 3. The summed E-state index contributed by atoms with van der Waals surface area (Å²) in [6.07, 6.45) is -2.63. The lowest BCUT2D eigenvalue weighted by Crippen LogP contribution is -2.65. The first-order chi connectivity index (χ1) is 24.9. The normalized spacial score (nSPS) is 26.4. The summed E-state index contributed by atoms with van der Waals surface area (Å²) in [5.41, 5.74) is -2.67. The van der Waals surface area contributed by atoms with E-state index in [9.17, 15) is 32.3 Å². The monoisotopic (exact) mass is 738 g/mol. The Morgan fingerprint density at radius 3 is 2.23 bits per heavy atom. The van der Waals surface area contributed by atoms with Crippen LogP contribution in [0.2, 0.25) is 0 Å². The first-order valence-electron chi connectivity index (χ1n) is 18.0.